The van der Waals surface area contributed by atoms with Gasteiger partial charge in [-0.3, -0.25) is 0 Å². The highest BCUT2D eigenvalue weighted by Crippen LogP contribution is 2.57. The van der Waals surface area contributed by atoms with Crippen LogP contribution in [0.25, 0.3) is 11.1 Å². The fourth-order valence-corrected chi connectivity index (χ4v) is 15.1. The zero-order valence-electron chi connectivity index (χ0n) is 50.3. The van der Waals surface area contributed by atoms with Gasteiger partial charge in [0.05, 0.1) is 0 Å². The van der Waals surface area contributed by atoms with Gasteiger partial charge in [-0.2, -0.15) is 0 Å². The molecule has 0 atom stereocenters. The van der Waals surface area contributed by atoms with E-state index in [-0.39, 0.29) is 44.6 Å². The Morgan fingerprint density at radius 3 is 1.49 bits per heavy atom. The lowest BCUT2D eigenvalue weighted by Crippen LogP contribution is -2.62. The molecule has 5 aliphatic rings. The summed E-state index contributed by atoms with van der Waals surface area (Å²) in [4.78, 5) is 7.90. The van der Waals surface area contributed by atoms with Crippen molar-refractivity contribution in [1.82, 2.24) is 0 Å². The number of rotatable bonds is 5. The van der Waals surface area contributed by atoms with Gasteiger partial charge in [0.1, 0.15) is 0 Å². The maximum absolute atomic E-state index is 2.74. The molecule has 0 amide bonds. The van der Waals surface area contributed by atoms with Gasteiger partial charge < -0.3 is 14.7 Å². The molecule has 79 heavy (non-hydrogen) atoms. The maximum Gasteiger partial charge on any atom is 0.252 e. The third-order valence-electron chi connectivity index (χ3n) is 20.0. The lowest BCUT2D eigenvalue weighted by molar-refractivity contribution is 0.332. The predicted molar refractivity (Wildman–Crippen MR) is 341 cm³/mol. The van der Waals surface area contributed by atoms with Gasteiger partial charge in [0.15, 0.2) is 0 Å². The molecule has 8 aromatic rings. The molecule has 0 unspecified atom stereocenters. The first-order chi connectivity index (χ1) is 37.2. The van der Waals surface area contributed by atoms with Gasteiger partial charge >= 0.3 is 0 Å². The molecule has 8 aromatic carbocycles. The van der Waals surface area contributed by atoms with Crippen LogP contribution >= 0.6 is 0 Å². The van der Waals surface area contributed by atoms with Crippen molar-refractivity contribution in [2.75, 3.05) is 14.7 Å². The van der Waals surface area contributed by atoms with Crippen molar-refractivity contribution in [2.24, 2.45) is 0 Å². The van der Waals surface area contributed by atoms with Gasteiger partial charge in [-0.05, 0) is 209 Å². The molecule has 2 aliphatic heterocycles. The third-order valence-corrected chi connectivity index (χ3v) is 20.0. The van der Waals surface area contributed by atoms with E-state index in [0.29, 0.717) is 0 Å². The summed E-state index contributed by atoms with van der Waals surface area (Å²) in [5, 5.41) is 0. The molecular weight excluding hydrogens is 954 g/mol. The minimum absolute atomic E-state index is 0.0163. The maximum atomic E-state index is 2.74. The minimum atomic E-state index is -0.167. The molecule has 13 rings (SSSR count). The van der Waals surface area contributed by atoms with Crippen LogP contribution in [0.5, 0.6) is 0 Å². The Labute approximate surface area is 474 Å². The summed E-state index contributed by atoms with van der Waals surface area (Å²) in [5.41, 5.74) is 29.0. The van der Waals surface area contributed by atoms with Gasteiger partial charge in [0.2, 0.25) is 0 Å². The van der Waals surface area contributed by atoms with E-state index in [1.54, 1.807) is 0 Å². The van der Waals surface area contributed by atoms with E-state index < -0.39 is 0 Å². The smallest absolute Gasteiger partial charge is 0.252 e. The largest absolute Gasteiger partial charge is 0.311 e. The average molecular weight is 1040 g/mol. The van der Waals surface area contributed by atoms with Crippen molar-refractivity contribution >= 4 is 74.3 Å². The zero-order valence-corrected chi connectivity index (χ0v) is 50.3. The molecule has 400 valence electrons. The van der Waals surface area contributed by atoms with Crippen LogP contribution < -0.4 is 31.1 Å². The molecule has 0 bridgehead atoms. The fourth-order valence-electron chi connectivity index (χ4n) is 15.1. The summed E-state index contributed by atoms with van der Waals surface area (Å²) in [7, 11) is 0. The Morgan fingerprint density at radius 1 is 0.392 bits per heavy atom. The van der Waals surface area contributed by atoms with E-state index >= 15 is 0 Å². The van der Waals surface area contributed by atoms with Crippen LogP contribution in [0.15, 0.2) is 158 Å². The first-order valence-electron chi connectivity index (χ1n) is 29.6. The van der Waals surface area contributed by atoms with Crippen molar-refractivity contribution in [3.63, 3.8) is 0 Å². The van der Waals surface area contributed by atoms with Crippen LogP contribution in [0.1, 0.15) is 181 Å². The molecule has 0 saturated heterocycles. The van der Waals surface area contributed by atoms with Crippen LogP contribution in [-0.2, 0) is 37.9 Å². The molecular formula is C75H82BN3. The molecule has 0 saturated carbocycles. The van der Waals surface area contributed by atoms with Crippen molar-refractivity contribution in [3.05, 3.63) is 202 Å². The number of benzene rings is 8. The monoisotopic (exact) mass is 1040 g/mol. The number of fused-ring (bicyclic) bond motifs is 9. The van der Waals surface area contributed by atoms with Gasteiger partial charge in [0.25, 0.3) is 6.71 Å². The summed E-state index contributed by atoms with van der Waals surface area (Å²) in [6, 6.07) is 61.9. The second kappa shape index (κ2) is 17.1. The Kier molecular flexibility index (Phi) is 11.2. The molecule has 0 N–H and O–H groups in total. The van der Waals surface area contributed by atoms with E-state index in [1.807, 2.05) is 0 Å². The third kappa shape index (κ3) is 7.87. The van der Waals surface area contributed by atoms with Crippen molar-refractivity contribution in [3.8, 4) is 11.1 Å². The summed E-state index contributed by atoms with van der Waals surface area (Å²) in [5.74, 6) is 0. The number of hydrogen-bond acceptors (Lipinski definition) is 3. The van der Waals surface area contributed by atoms with Crippen molar-refractivity contribution in [2.45, 2.75) is 174 Å². The standard InChI is InChI=1S/C75H82BN3/c1-69(2,3)47-39-65-68-66(40-47)79(52-41-54-53-29-23-24-30-55(53)75(15,16)67(54)60(43-52)70(4,5)6)63-44-51(77(48-25-19-17-20-26-48)49-27-21-18-22-28-49)32-34-61(63)76(68)62-45-58-59(74(13,14)38-37-73(58,11)12)46-64(62)78(65)50-31-33-56-57(42-50)72(9,10)36-35-71(56,7)8/h17-34,39-46H,35-38H2,1-16H3. The van der Waals surface area contributed by atoms with Gasteiger partial charge in [0, 0.05) is 56.6 Å². The Balaban J connectivity index is 1.18. The van der Waals surface area contributed by atoms with E-state index in [4.69, 9.17) is 0 Å². The minimum Gasteiger partial charge on any atom is -0.311 e. The molecule has 2 heterocycles. The van der Waals surface area contributed by atoms with Gasteiger partial charge in [-0.1, -0.05) is 190 Å². The number of para-hydroxylation sites is 2. The number of hydrogen-bond donors (Lipinski definition) is 0. The van der Waals surface area contributed by atoms with Crippen LogP contribution in [0.4, 0.5) is 51.2 Å². The van der Waals surface area contributed by atoms with Crippen LogP contribution in [0.3, 0.4) is 0 Å². The summed E-state index contributed by atoms with van der Waals surface area (Å²) in [6.07, 6.45) is 4.67. The topological polar surface area (TPSA) is 9.72 Å². The number of nitrogens with zero attached hydrogens (tertiary/aromatic N) is 3. The predicted octanol–water partition coefficient (Wildman–Crippen LogP) is 18.8. The van der Waals surface area contributed by atoms with Crippen LogP contribution in [0, 0.1) is 0 Å². The fraction of sp³-hybridized carbons (Fsp3) is 0.360. The summed E-state index contributed by atoms with van der Waals surface area (Å²) < 4.78 is 0. The lowest BCUT2D eigenvalue weighted by atomic mass is 9.33. The molecule has 4 heteroatoms. The molecule has 0 aromatic heterocycles. The average Bonchev–Trinajstić information content (AvgIpc) is 3.44. The zero-order chi connectivity index (χ0) is 55.7. The van der Waals surface area contributed by atoms with Crippen LogP contribution in [-0.4, -0.2) is 6.71 Å². The van der Waals surface area contributed by atoms with E-state index in [1.165, 1.54) is 119 Å². The SMILES string of the molecule is CC(C)(C)c1cc2c3c(c1)N(c1ccc4c(c1)C(C)(C)CCC4(C)C)c1cc4c(cc1B3c1ccc(N(c3ccccc3)c3ccccc3)cc1N2c1cc2c(c(C(C)(C)C)c1)C(C)(C)c1ccccc1-2)C(C)(C)CCC4(C)C. The molecule has 0 spiro atoms. The van der Waals surface area contributed by atoms with E-state index in [2.05, 4.69) is 283 Å². The molecule has 3 nitrogen and oxygen atoms in total. The first kappa shape index (κ1) is 51.6. The van der Waals surface area contributed by atoms with Crippen molar-refractivity contribution in [1.29, 1.82) is 0 Å². The lowest BCUT2D eigenvalue weighted by Gasteiger charge is -2.48. The Hall–Kier alpha value is -6.78. The highest BCUT2D eigenvalue weighted by atomic mass is 15.2. The van der Waals surface area contributed by atoms with E-state index in [9.17, 15) is 0 Å². The second-order valence-electron chi connectivity index (χ2n) is 29.6. The highest BCUT2D eigenvalue weighted by molar-refractivity contribution is 7.00. The normalized spacial score (nSPS) is 18.4. The molecule has 0 radical (unpaired) electrons. The van der Waals surface area contributed by atoms with Crippen molar-refractivity contribution < 1.29 is 0 Å². The van der Waals surface area contributed by atoms with Gasteiger partial charge in [-0.25, -0.2) is 0 Å². The highest BCUT2D eigenvalue weighted by Gasteiger charge is 2.49. The number of anilines is 9. The Bertz CT molecular complexity index is 3760. The first-order valence-corrected chi connectivity index (χ1v) is 29.6. The quantitative estimate of drug-likeness (QED) is 0.159. The van der Waals surface area contributed by atoms with Gasteiger partial charge in [-0.15, -0.1) is 0 Å². The Morgan fingerprint density at radius 2 is 0.911 bits per heavy atom. The summed E-state index contributed by atoms with van der Waals surface area (Å²) in [6.45, 7) is 39.2. The second-order valence-corrected chi connectivity index (χ2v) is 29.6. The van der Waals surface area contributed by atoms with Crippen LogP contribution in [0.2, 0.25) is 0 Å². The molecule has 3 aliphatic carbocycles. The summed E-state index contributed by atoms with van der Waals surface area (Å²) >= 11 is 0. The molecule has 0 fully saturated rings. The van der Waals surface area contributed by atoms with E-state index in [0.717, 1.165) is 29.9 Å².